The highest BCUT2D eigenvalue weighted by molar-refractivity contribution is 5.92. The topological polar surface area (TPSA) is 33.2 Å². The van der Waals surface area contributed by atoms with E-state index in [1.54, 1.807) is 13.1 Å². The first-order valence-electron chi connectivity index (χ1n) is 6.83. The normalized spacial score (nSPS) is 10.7. The van der Waals surface area contributed by atoms with E-state index < -0.39 is 0 Å². The highest BCUT2D eigenvalue weighted by Gasteiger charge is 2.22. The second kappa shape index (κ2) is 7.14. The molecule has 1 aromatic heterocycles. The zero-order valence-electron chi connectivity index (χ0n) is 11.9. The quantitative estimate of drug-likeness (QED) is 0.769. The van der Waals surface area contributed by atoms with E-state index >= 15 is 0 Å². The number of carbonyl (C=O) groups is 1. The van der Waals surface area contributed by atoms with Gasteiger partial charge in [-0.05, 0) is 31.9 Å². The predicted octanol–water partition coefficient (Wildman–Crippen LogP) is 3.71. The molecule has 1 aromatic rings. The number of nitrogens with zero attached hydrogens (tertiary/aromatic N) is 2. The van der Waals surface area contributed by atoms with E-state index in [1.807, 2.05) is 24.0 Å². The first kappa shape index (κ1) is 14.7. The van der Waals surface area contributed by atoms with Crippen molar-refractivity contribution in [3.05, 3.63) is 24.0 Å². The van der Waals surface area contributed by atoms with E-state index in [4.69, 9.17) is 0 Å². The summed E-state index contributed by atoms with van der Waals surface area (Å²) in [4.78, 5) is 18.2. The van der Waals surface area contributed by atoms with Crippen LogP contribution in [0.25, 0.3) is 0 Å². The van der Waals surface area contributed by atoms with Gasteiger partial charge in [0.05, 0.1) is 11.4 Å². The zero-order valence-corrected chi connectivity index (χ0v) is 11.9. The van der Waals surface area contributed by atoms with Crippen LogP contribution in [0.2, 0.25) is 0 Å². The lowest BCUT2D eigenvalue weighted by Crippen LogP contribution is -2.39. The molecule has 0 bridgehead atoms. The molecule has 0 saturated carbocycles. The first-order valence-corrected chi connectivity index (χ1v) is 6.83. The third-order valence-electron chi connectivity index (χ3n) is 3.19. The number of rotatable bonds is 6. The molecular formula is C15H24N2O. The Bertz CT molecular complexity index is 384. The van der Waals surface area contributed by atoms with E-state index in [-0.39, 0.29) is 5.91 Å². The fourth-order valence-electron chi connectivity index (χ4n) is 2.42. The van der Waals surface area contributed by atoms with Gasteiger partial charge in [0.25, 0.3) is 0 Å². The van der Waals surface area contributed by atoms with Crippen molar-refractivity contribution >= 4 is 11.6 Å². The molecule has 1 rings (SSSR count). The Balaban J connectivity index is 3.07. The van der Waals surface area contributed by atoms with Gasteiger partial charge in [-0.3, -0.25) is 9.78 Å². The van der Waals surface area contributed by atoms with Crippen molar-refractivity contribution in [2.75, 3.05) is 4.90 Å². The Hall–Kier alpha value is -1.38. The highest BCUT2D eigenvalue weighted by atomic mass is 16.2. The van der Waals surface area contributed by atoms with Crippen LogP contribution in [0.3, 0.4) is 0 Å². The molecule has 3 nitrogen and oxygen atoms in total. The second-order valence-corrected chi connectivity index (χ2v) is 4.73. The van der Waals surface area contributed by atoms with Crippen molar-refractivity contribution in [1.82, 2.24) is 4.98 Å². The minimum atomic E-state index is 0.109. The molecule has 0 aliphatic heterocycles. The summed E-state index contributed by atoms with van der Waals surface area (Å²) in [6.07, 6.45) is 6.04. The molecule has 0 fully saturated rings. The summed E-state index contributed by atoms with van der Waals surface area (Å²) < 4.78 is 0. The lowest BCUT2D eigenvalue weighted by atomic mass is 10.0. The molecule has 0 aliphatic carbocycles. The number of pyridine rings is 1. The van der Waals surface area contributed by atoms with Gasteiger partial charge in [0.1, 0.15) is 0 Å². The van der Waals surface area contributed by atoms with E-state index in [9.17, 15) is 4.79 Å². The molecule has 0 spiro atoms. The predicted molar refractivity (Wildman–Crippen MR) is 75.7 cm³/mol. The minimum absolute atomic E-state index is 0.109. The molecular weight excluding hydrogens is 224 g/mol. The van der Waals surface area contributed by atoms with Gasteiger partial charge in [0, 0.05) is 19.2 Å². The summed E-state index contributed by atoms with van der Waals surface area (Å²) in [5, 5.41) is 0. The SMILES string of the molecule is CCCC(CCC)N(C(C)=O)c1cccnc1C. The van der Waals surface area contributed by atoms with Crippen LogP contribution in [0.15, 0.2) is 18.3 Å². The Morgan fingerprint density at radius 2 is 1.94 bits per heavy atom. The van der Waals surface area contributed by atoms with Crippen LogP contribution < -0.4 is 4.90 Å². The molecule has 0 saturated heterocycles. The van der Waals surface area contributed by atoms with Crippen molar-refractivity contribution in [3.8, 4) is 0 Å². The average Bonchev–Trinajstić information content (AvgIpc) is 2.32. The van der Waals surface area contributed by atoms with Crippen LogP contribution in [0, 0.1) is 6.92 Å². The number of anilines is 1. The Kier molecular flexibility index (Phi) is 5.83. The summed E-state index contributed by atoms with van der Waals surface area (Å²) in [7, 11) is 0. The maximum Gasteiger partial charge on any atom is 0.224 e. The molecule has 0 N–H and O–H groups in total. The van der Waals surface area contributed by atoms with Crippen LogP contribution in [-0.2, 0) is 4.79 Å². The number of hydrogen-bond acceptors (Lipinski definition) is 2. The number of amides is 1. The molecule has 100 valence electrons. The van der Waals surface area contributed by atoms with E-state index in [0.717, 1.165) is 37.1 Å². The maximum absolute atomic E-state index is 12.0. The van der Waals surface area contributed by atoms with Crippen LogP contribution in [-0.4, -0.2) is 16.9 Å². The second-order valence-electron chi connectivity index (χ2n) is 4.73. The Labute approximate surface area is 110 Å². The van der Waals surface area contributed by atoms with Crippen molar-refractivity contribution in [1.29, 1.82) is 0 Å². The van der Waals surface area contributed by atoms with Gasteiger partial charge in [-0.15, -0.1) is 0 Å². The number of carbonyl (C=O) groups excluding carboxylic acids is 1. The van der Waals surface area contributed by atoms with Gasteiger partial charge in [0.15, 0.2) is 0 Å². The standard InChI is InChI=1S/C15H24N2O/c1-5-8-14(9-6-2)17(13(4)18)15-10-7-11-16-12(15)3/h7,10-11,14H,5-6,8-9H2,1-4H3. The monoisotopic (exact) mass is 248 g/mol. The van der Waals surface area contributed by atoms with Crippen LogP contribution in [0.4, 0.5) is 5.69 Å². The average molecular weight is 248 g/mol. The van der Waals surface area contributed by atoms with Gasteiger partial charge in [-0.1, -0.05) is 26.7 Å². The van der Waals surface area contributed by atoms with Gasteiger partial charge in [-0.2, -0.15) is 0 Å². The lowest BCUT2D eigenvalue weighted by Gasteiger charge is -2.31. The molecule has 3 heteroatoms. The number of aromatic nitrogens is 1. The highest BCUT2D eigenvalue weighted by Crippen LogP contribution is 2.24. The van der Waals surface area contributed by atoms with Crippen molar-refractivity contribution < 1.29 is 4.79 Å². The fraction of sp³-hybridized carbons (Fsp3) is 0.600. The molecule has 18 heavy (non-hydrogen) atoms. The van der Waals surface area contributed by atoms with E-state index in [0.29, 0.717) is 6.04 Å². The van der Waals surface area contributed by atoms with Crippen molar-refractivity contribution in [2.45, 2.75) is 59.4 Å². The van der Waals surface area contributed by atoms with Gasteiger partial charge in [-0.25, -0.2) is 0 Å². The summed E-state index contributed by atoms with van der Waals surface area (Å²) in [6, 6.07) is 4.18. The van der Waals surface area contributed by atoms with Gasteiger partial charge >= 0.3 is 0 Å². The third-order valence-corrected chi connectivity index (χ3v) is 3.19. The van der Waals surface area contributed by atoms with Crippen LogP contribution in [0.1, 0.15) is 52.1 Å². The van der Waals surface area contributed by atoms with Crippen molar-refractivity contribution in [3.63, 3.8) is 0 Å². The van der Waals surface area contributed by atoms with E-state index in [2.05, 4.69) is 18.8 Å². The largest absolute Gasteiger partial charge is 0.308 e. The fourth-order valence-corrected chi connectivity index (χ4v) is 2.42. The summed E-state index contributed by atoms with van der Waals surface area (Å²) in [5.74, 6) is 0.109. The maximum atomic E-state index is 12.0. The smallest absolute Gasteiger partial charge is 0.224 e. The Morgan fingerprint density at radius 1 is 1.33 bits per heavy atom. The lowest BCUT2D eigenvalue weighted by molar-refractivity contribution is -0.117. The van der Waals surface area contributed by atoms with E-state index in [1.165, 1.54) is 0 Å². The molecule has 1 amide bonds. The minimum Gasteiger partial charge on any atom is -0.308 e. The van der Waals surface area contributed by atoms with Crippen LogP contribution in [0.5, 0.6) is 0 Å². The summed E-state index contributed by atoms with van der Waals surface area (Å²) in [6.45, 7) is 7.93. The molecule has 0 aliphatic rings. The molecule has 0 atom stereocenters. The van der Waals surface area contributed by atoms with Crippen LogP contribution >= 0.6 is 0 Å². The van der Waals surface area contributed by atoms with Gasteiger partial charge in [0.2, 0.25) is 5.91 Å². The third kappa shape index (κ3) is 3.56. The molecule has 0 unspecified atom stereocenters. The molecule has 0 radical (unpaired) electrons. The summed E-state index contributed by atoms with van der Waals surface area (Å²) >= 11 is 0. The first-order chi connectivity index (χ1) is 8.61. The van der Waals surface area contributed by atoms with Gasteiger partial charge < -0.3 is 4.90 Å². The number of aryl methyl sites for hydroxylation is 1. The molecule has 1 heterocycles. The zero-order chi connectivity index (χ0) is 13.5. The number of hydrogen-bond donors (Lipinski definition) is 0. The molecule has 0 aromatic carbocycles. The Morgan fingerprint density at radius 3 is 2.39 bits per heavy atom. The van der Waals surface area contributed by atoms with Crippen molar-refractivity contribution in [2.24, 2.45) is 0 Å². The summed E-state index contributed by atoms with van der Waals surface area (Å²) in [5.41, 5.74) is 1.88.